The van der Waals surface area contributed by atoms with E-state index in [0.717, 1.165) is 38.0 Å². The molecule has 1 aliphatic heterocycles. The third kappa shape index (κ3) is 3.16. The van der Waals surface area contributed by atoms with Crippen molar-refractivity contribution in [3.8, 4) is 0 Å². The Bertz CT molecular complexity index is 670. The van der Waals surface area contributed by atoms with Crippen LogP contribution in [0.25, 0.3) is 0 Å². The van der Waals surface area contributed by atoms with Crippen molar-refractivity contribution in [2.45, 2.75) is 26.3 Å². The zero-order valence-electron chi connectivity index (χ0n) is 12.6. The van der Waals surface area contributed by atoms with E-state index in [1.807, 2.05) is 13.1 Å². The Labute approximate surface area is 128 Å². The lowest BCUT2D eigenvalue weighted by atomic mass is 9.97. The van der Waals surface area contributed by atoms with Gasteiger partial charge in [0.15, 0.2) is 0 Å². The van der Waals surface area contributed by atoms with Gasteiger partial charge >= 0.3 is 0 Å². The molecule has 1 fully saturated rings. The van der Waals surface area contributed by atoms with Gasteiger partial charge in [0.05, 0.1) is 11.8 Å². The van der Waals surface area contributed by atoms with Crippen molar-refractivity contribution in [1.82, 2.24) is 19.4 Å². The SMILES string of the molecule is Cc1nccn1C[C@H]1CCCN(C(=O)c2cncc(F)c2)C1. The van der Waals surface area contributed by atoms with Crippen LogP contribution in [0.4, 0.5) is 4.39 Å². The van der Waals surface area contributed by atoms with Crippen molar-refractivity contribution in [3.63, 3.8) is 0 Å². The van der Waals surface area contributed by atoms with Crippen molar-refractivity contribution in [1.29, 1.82) is 0 Å². The summed E-state index contributed by atoms with van der Waals surface area (Å²) in [5, 5.41) is 0. The van der Waals surface area contributed by atoms with Crippen LogP contribution in [0.1, 0.15) is 29.0 Å². The fraction of sp³-hybridized carbons (Fsp3) is 0.438. The molecular weight excluding hydrogens is 283 g/mol. The highest BCUT2D eigenvalue weighted by Crippen LogP contribution is 2.20. The molecule has 0 aliphatic carbocycles. The van der Waals surface area contributed by atoms with E-state index >= 15 is 0 Å². The molecule has 0 bridgehead atoms. The van der Waals surface area contributed by atoms with Gasteiger partial charge in [-0.15, -0.1) is 0 Å². The Kier molecular flexibility index (Phi) is 4.18. The van der Waals surface area contributed by atoms with Crippen LogP contribution in [0.15, 0.2) is 30.9 Å². The second kappa shape index (κ2) is 6.25. The number of hydrogen-bond donors (Lipinski definition) is 0. The standard InChI is InChI=1S/C16H19FN4O/c1-12-19-4-6-20(12)10-13-3-2-5-21(11-13)16(22)14-7-15(17)9-18-8-14/h4,6-9,13H,2-3,5,10-11H2,1H3/t13-/m1/s1. The zero-order chi connectivity index (χ0) is 15.5. The second-order valence-corrected chi connectivity index (χ2v) is 5.78. The summed E-state index contributed by atoms with van der Waals surface area (Å²) in [5.74, 6) is 0.761. The summed E-state index contributed by atoms with van der Waals surface area (Å²) in [6.45, 7) is 4.24. The number of imidazole rings is 1. The fourth-order valence-corrected chi connectivity index (χ4v) is 2.98. The van der Waals surface area contributed by atoms with Crippen LogP contribution in [-0.4, -0.2) is 38.4 Å². The molecule has 1 amide bonds. The van der Waals surface area contributed by atoms with E-state index in [-0.39, 0.29) is 5.91 Å². The van der Waals surface area contributed by atoms with Crippen LogP contribution in [0.3, 0.4) is 0 Å². The lowest BCUT2D eigenvalue weighted by molar-refractivity contribution is 0.0661. The molecule has 116 valence electrons. The van der Waals surface area contributed by atoms with Gasteiger partial charge in [-0.1, -0.05) is 0 Å². The van der Waals surface area contributed by atoms with E-state index in [0.29, 0.717) is 18.0 Å². The van der Waals surface area contributed by atoms with Gasteiger partial charge in [0, 0.05) is 38.2 Å². The minimum absolute atomic E-state index is 0.140. The fourth-order valence-electron chi connectivity index (χ4n) is 2.98. The summed E-state index contributed by atoms with van der Waals surface area (Å²) in [6, 6.07) is 1.25. The van der Waals surface area contributed by atoms with E-state index in [9.17, 15) is 9.18 Å². The molecule has 0 unspecified atom stereocenters. The number of carbonyl (C=O) groups is 1. The molecule has 3 rings (SSSR count). The van der Waals surface area contributed by atoms with E-state index in [1.165, 1.54) is 12.3 Å². The monoisotopic (exact) mass is 302 g/mol. The Morgan fingerprint density at radius 2 is 2.32 bits per heavy atom. The predicted octanol–water partition coefficient (Wildman–Crippen LogP) is 2.28. The molecule has 2 aromatic heterocycles. The lowest BCUT2D eigenvalue weighted by Crippen LogP contribution is -2.41. The molecule has 1 atom stereocenters. The van der Waals surface area contributed by atoms with Crippen LogP contribution in [-0.2, 0) is 6.54 Å². The highest BCUT2D eigenvalue weighted by atomic mass is 19.1. The van der Waals surface area contributed by atoms with Gasteiger partial charge in [-0.25, -0.2) is 9.37 Å². The number of halogens is 1. The van der Waals surface area contributed by atoms with Gasteiger partial charge in [-0.05, 0) is 31.7 Å². The zero-order valence-corrected chi connectivity index (χ0v) is 12.6. The first-order valence-electron chi connectivity index (χ1n) is 7.51. The lowest BCUT2D eigenvalue weighted by Gasteiger charge is -2.33. The first kappa shape index (κ1) is 14.7. The molecule has 5 nitrogen and oxygen atoms in total. The van der Waals surface area contributed by atoms with E-state index in [2.05, 4.69) is 14.5 Å². The van der Waals surface area contributed by atoms with E-state index < -0.39 is 5.82 Å². The highest BCUT2D eigenvalue weighted by Gasteiger charge is 2.25. The van der Waals surface area contributed by atoms with Crippen molar-refractivity contribution in [2.75, 3.05) is 13.1 Å². The van der Waals surface area contributed by atoms with Crippen LogP contribution < -0.4 is 0 Å². The molecule has 0 spiro atoms. The molecular formula is C16H19FN4O. The predicted molar refractivity (Wildman–Crippen MR) is 79.8 cm³/mol. The Morgan fingerprint density at radius 1 is 1.45 bits per heavy atom. The van der Waals surface area contributed by atoms with Crippen LogP contribution >= 0.6 is 0 Å². The number of nitrogens with zero attached hydrogens (tertiary/aromatic N) is 4. The smallest absolute Gasteiger partial charge is 0.255 e. The maximum atomic E-state index is 13.2. The Balaban J connectivity index is 1.67. The number of hydrogen-bond acceptors (Lipinski definition) is 3. The first-order chi connectivity index (χ1) is 10.6. The van der Waals surface area contributed by atoms with Gasteiger partial charge in [0.2, 0.25) is 0 Å². The summed E-state index contributed by atoms with van der Waals surface area (Å²) in [5.41, 5.74) is 0.319. The summed E-state index contributed by atoms with van der Waals surface area (Å²) in [6.07, 6.45) is 8.34. The maximum Gasteiger partial charge on any atom is 0.255 e. The molecule has 0 N–H and O–H groups in total. The number of carbonyl (C=O) groups excluding carboxylic acids is 1. The van der Waals surface area contributed by atoms with Gasteiger partial charge in [-0.3, -0.25) is 9.78 Å². The highest BCUT2D eigenvalue weighted by molar-refractivity contribution is 5.93. The molecule has 22 heavy (non-hydrogen) atoms. The van der Waals surface area contributed by atoms with Crippen LogP contribution in [0.2, 0.25) is 0 Å². The van der Waals surface area contributed by atoms with Crippen LogP contribution in [0.5, 0.6) is 0 Å². The average molecular weight is 302 g/mol. The number of aromatic nitrogens is 3. The number of amides is 1. The van der Waals surface area contributed by atoms with Crippen molar-refractivity contribution < 1.29 is 9.18 Å². The quantitative estimate of drug-likeness (QED) is 0.874. The van der Waals surface area contributed by atoms with E-state index in [1.54, 1.807) is 11.1 Å². The van der Waals surface area contributed by atoms with Crippen molar-refractivity contribution in [3.05, 3.63) is 48.1 Å². The van der Waals surface area contributed by atoms with Gasteiger partial charge in [-0.2, -0.15) is 0 Å². The molecule has 1 aliphatic rings. The summed E-state index contributed by atoms with van der Waals surface area (Å²) in [7, 11) is 0. The molecule has 1 saturated heterocycles. The van der Waals surface area contributed by atoms with Gasteiger partial charge in [0.1, 0.15) is 11.6 Å². The van der Waals surface area contributed by atoms with Crippen molar-refractivity contribution in [2.24, 2.45) is 5.92 Å². The second-order valence-electron chi connectivity index (χ2n) is 5.78. The normalized spacial score (nSPS) is 18.5. The Morgan fingerprint density at radius 3 is 3.05 bits per heavy atom. The average Bonchev–Trinajstić information content (AvgIpc) is 2.92. The summed E-state index contributed by atoms with van der Waals surface area (Å²) >= 11 is 0. The van der Waals surface area contributed by atoms with Gasteiger partial charge < -0.3 is 9.47 Å². The van der Waals surface area contributed by atoms with Crippen molar-refractivity contribution >= 4 is 5.91 Å². The molecule has 3 heterocycles. The summed E-state index contributed by atoms with van der Waals surface area (Å²) < 4.78 is 15.3. The number of aryl methyl sites for hydroxylation is 1. The van der Waals surface area contributed by atoms with Crippen LogP contribution in [0, 0.1) is 18.7 Å². The summed E-state index contributed by atoms with van der Waals surface area (Å²) in [4.78, 5) is 22.3. The molecule has 0 aromatic carbocycles. The number of rotatable bonds is 3. The molecule has 2 aromatic rings. The minimum atomic E-state index is -0.478. The Hall–Kier alpha value is -2.24. The molecule has 0 saturated carbocycles. The number of likely N-dealkylation sites (tertiary alicyclic amines) is 1. The first-order valence-corrected chi connectivity index (χ1v) is 7.51. The van der Waals surface area contributed by atoms with E-state index in [4.69, 9.17) is 0 Å². The number of pyridine rings is 1. The largest absolute Gasteiger partial charge is 0.338 e. The minimum Gasteiger partial charge on any atom is -0.338 e. The maximum absolute atomic E-state index is 13.2. The third-order valence-electron chi connectivity index (χ3n) is 4.14. The molecule has 0 radical (unpaired) electrons. The third-order valence-corrected chi connectivity index (χ3v) is 4.14. The topological polar surface area (TPSA) is 51.0 Å². The molecule has 6 heteroatoms. The van der Waals surface area contributed by atoms with Gasteiger partial charge in [0.25, 0.3) is 5.91 Å². The number of piperidine rings is 1.